The summed E-state index contributed by atoms with van der Waals surface area (Å²) in [5, 5.41) is 8.46. The lowest BCUT2D eigenvalue weighted by atomic mass is 9.95. The number of sulfonamides is 1. The van der Waals surface area contributed by atoms with Gasteiger partial charge in [-0.2, -0.15) is 4.31 Å². The molecule has 2 heterocycles. The highest BCUT2D eigenvalue weighted by Crippen LogP contribution is 2.28. The van der Waals surface area contributed by atoms with E-state index in [2.05, 4.69) is 6.92 Å². The van der Waals surface area contributed by atoms with Crippen molar-refractivity contribution >= 4 is 16.0 Å². The second-order valence-electron chi connectivity index (χ2n) is 5.02. The average Bonchev–Trinajstić information content (AvgIpc) is 2.78. The van der Waals surface area contributed by atoms with Crippen LogP contribution >= 0.6 is 0 Å². The monoisotopic (exact) mass is 287 g/mol. The molecule has 1 aromatic rings. The summed E-state index contributed by atoms with van der Waals surface area (Å²) in [4.78, 5) is 10.7. The highest BCUT2D eigenvalue weighted by atomic mass is 32.2. The largest absolute Gasteiger partial charge is 0.475 e. The lowest BCUT2D eigenvalue weighted by Crippen LogP contribution is -2.43. The van der Waals surface area contributed by atoms with Gasteiger partial charge in [0.05, 0.1) is 0 Å². The summed E-state index contributed by atoms with van der Waals surface area (Å²) in [6, 6.07) is 2.25. The first-order valence-electron chi connectivity index (χ1n) is 6.17. The van der Waals surface area contributed by atoms with Gasteiger partial charge >= 0.3 is 5.97 Å². The fourth-order valence-corrected chi connectivity index (χ4v) is 4.00. The van der Waals surface area contributed by atoms with Crippen LogP contribution in [0.5, 0.6) is 0 Å². The smallest absolute Gasteiger partial charge is 0.371 e. The van der Waals surface area contributed by atoms with Crippen LogP contribution in [-0.2, 0) is 10.0 Å². The highest BCUT2D eigenvalue weighted by molar-refractivity contribution is 7.89. The van der Waals surface area contributed by atoms with Crippen LogP contribution in [0.4, 0.5) is 0 Å². The molecule has 0 radical (unpaired) electrons. The molecular weight excluding hydrogens is 270 g/mol. The Kier molecular flexibility index (Phi) is 3.69. The number of carbonyl (C=O) groups is 1. The predicted octanol–water partition coefficient (Wildman–Crippen LogP) is 1.79. The number of furan rings is 1. The zero-order chi connectivity index (χ0) is 14.2. The number of hydrogen-bond acceptors (Lipinski definition) is 4. The van der Waals surface area contributed by atoms with Gasteiger partial charge in [0.15, 0.2) is 0 Å². The Morgan fingerprint density at radius 1 is 1.42 bits per heavy atom. The molecule has 1 N–H and O–H groups in total. The van der Waals surface area contributed by atoms with Crippen LogP contribution in [-0.4, -0.2) is 36.4 Å². The Bertz CT molecular complexity index is 577. The first-order chi connectivity index (χ1) is 8.82. The number of carboxylic acids is 1. The van der Waals surface area contributed by atoms with E-state index in [0.717, 1.165) is 18.9 Å². The molecule has 0 aromatic carbocycles. The van der Waals surface area contributed by atoms with Crippen molar-refractivity contribution in [1.29, 1.82) is 0 Å². The van der Waals surface area contributed by atoms with E-state index in [-0.39, 0.29) is 16.9 Å². The van der Waals surface area contributed by atoms with E-state index in [4.69, 9.17) is 9.52 Å². The molecule has 1 aromatic heterocycles. The Labute approximate surface area is 112 Å². The molecule has 1 aliphatic heterocycles. The molecule has 0 spiro atoms. The minimum atomic E-state index is -3.74. The molecule has 0 saturated carbocycles. The van der Waals surface area contributed by atoms with Gasteiger partial charge in [0, 0.05) is 12.6 Å². The van der Waals surface area contributed by atoms with Crippen LogP contribution in [0.25, 0.3) is 0 Å². The van der Waals surface area contributed by atoms with Crippen molar-refractivity contribution < 1.29 is 22.7 Å². The van der Waals surface area contributed by atoms with E-state index >= 15 is 0 Å². The van der Waals surface area contributed by atoms with Crippen molar-refractivity contribution in [1.82, 2.24) is 4.31 Å². The van der Waals surface area contributed by atoms with Gasteiger partial charge in [-0.15, -0.1) is 0 Å². The molecule has 0 aliphatic carbocycles. The van der Waals surface area contributed by atoms with Crippen LogP contribution in [0.15, 0.2) is 21.6 Å². The molecule has 1 fully saturated rings. The van der Waals surface area contributed by atoms with E-state index in [1.807, 2.05) is 6.92 Å². The minimum Gasteiger partial charge on any atom is -0.475 e. The van der Waals surface area contributed by atoms with E-state index < -0.39 is 16.0 Å². The number of aromatic carboxylic acids is 1. The third kappa shape index (κ3) is 2.66. The van der Waals surface area contributed by atoms with Crippen molar-refractivity contribution in [3.63, 3.8) is 0 Å². The Hall–Kier alpha value is -1.34. The number of rotatable bonds is 3. The molecule has 1 aliphatic rings. The van der Waals surface area contributed by atoms with Crippen LogP contribution in [0.1, 0.15) is 37.2 Å². The van der Waals surface area contributed by atoms with Gasteiger partial charge in [-0.25, -0.2) is 13.2 Å². The summed E-state index contributed by atoms with van der Waals surface area (Å²) in [6.45, 7) is 4.39. The zero-order valence-electron chi connectivity index (χ0n) is 10.9. The number of nitrogens with zero attached hydrogens (tertiary/aromatic N) is 1. The van der Waals surface area contributed by atoms with Crippen LogP contribution in [0.3, 0.4) is 0 Å². The van der Waals surface area contributed by atoms with Gasteiger partial charge in [-0.3, -0.25) is 0 Å². The molecule has 19 heavy (non-hydrogen) atoms. The van der Waals surface area contributed by atoms with Crippen molar-refractivity contribution in [2.24, 2.45) is 5.92 Å². The van der Waals surface area contributed by atoms with Gasteiger partial charge in [0.1, 0.15) is 0 Å². The number of carboxylic acid groups (broad SMARTS) is 1. The predicted molar refractivity (Wildman–Crippen MR) is 67.4 cm³/mol. The number of piperidine rings is 1. The van der Waals surface area contributed by atoms with Crippen LogP contribution in [0, 0.1) is 5.92 Å². The van der Waals surface area contributed by atoms with E-state index in [1.165, 1.54) is 10.4 Å². The average molecular weight is 287 g/mol. The topological polar surface area (TPSA) is 87.8 Å². The highest BCUT2D eigenvalue weighted by Gasteiger charge is 2.35. The Balaban J connectivity index is 2.28. The fourth-order valence-electron chi connectivity index (χ4n) is 2.43. The summed E-state index contributed by atoms with van der Waals surface area (Å²) in [5.41, 5.74) is 0. The molecule has 2 rings (SSSR count). The van der Waals surface area contributed by atoms with Crippen molar-refractivity contribution in [2.75, 3.05) is 6.54 Å². The summed E-state index contributed by atoms with van der Waals surface area (Å²) in [7, 11) is -3.74. The maximum absolute atomic E-state index is 12.4. The first kappa shape index (κ1) is 14.1. The summed E-state index contributed by atoms with van der Waals surface area (Å²) < 4.78 is 31.1. The Morgan fingerprint density at radius 3 is 2.63 bits per heavy atom. The maximum atomic E-state index is 12.4. The van der Waals surface area contributed by atoms with Gasteiger partial charge in [-0.1, -0.05) is 6.92 Å². The third-order valence-corrected chi connectivity index (χ3v) is 5.32. The molecule has 7 heteroatoms. The Morgan fingerprint density at radius 2 is 2.11 bits per heavy atom. The molecule has 6 nitrogen and oxygen atoms in total. The van der Waals surface area contributed by atoms with Gasteiger partial charge < -0.3 is 9.52 Å². The molecule has 0 bridgehead atoms. The molecule has 1 saturated heterocycles. The van der Waals surface area contributed by atoms with E-state index in [9.17, 15) is 13.2 Å². The van der Waals surface area contributed by atoms with Crippen molar-refractivity contribution in [3.8, 4) is 0 Å². The van der Waals surface area contributed by atoms with Crippen LogP contribution in [0.2, 0.25) is 0 Å². The molecule has 2 atom stereocenters. The summed E-state index contributed by atoms with van der Waals surface area (Å²) in [6.07, 6.45) is 1.60. The van der Waals surface area contributed by atoms with Gasteiger partial charge in [0.25, 0.3) is 10.0 Å². The molecule has 0 amide bonds. The molecule has 106 valence electrons. The minimum absolute atomic E-state index is 0.105. The SMILES string of the molecule is CC1CCN(S(=O)(=O)c2ccc(C(=O)O)o2)C(C)C1. The van der Waals surface area contributed by atoms with E-state index in [1.54, 1.807) is 0 Å². The lowest BCUT2D eigenvalue weighted by molar-refractivity contribution is 0.0656. The second kappa shape index (κ2) is 4.97. The normalized spacial score (nSPS) is 25.4. The van der Waals surface area contributed by atoms with Crippen LogP contribution < -0.4 is 0 Å². The molecular formula is C12H17NO5S. The maximum Gasteiger partial charge on any atom is 0.371 e. The van der Waals surface area contributed by atoms with Gasteiger partial charge in [-0.05, 0) is 37.8 Å². The second-order valence-corrected chi connectivity index (χ2v) is 6.84. The quantitative estimate of drug-likeness (QED) is 0.915. The third-order valence-electron chi connectivity index (χ3n) is 3.43. The first-order valence-corrected chi connectivity index (χ1v) is 7.61. The standard InChI is InChI=1S/C12H17NO5S/c1-8-5-6-13(9(2)7-8)19(16,17)11-4-3-10(18-11)12(14)15/h3-4,8-9H,5-7H2,1-2H3,(H,14,15). The fraction of sp³-hybridized carbons (Fsp3) is 0.583. The molecule has 2 unspecified atom stereocenters. The lowest BCUT2D eigenvalue weighted by Gasteiger charge is -2.34. The van der Waals surface area contributed by atoms with Crippen molar-refractivity contribution in [2.45, 2.75) is 37.8 Å². The summed E-state index contributed by atoms with van der Waals surface area (Å²) >= 11 is 0. The van der Waals surface area contributed by atoms with E-state index in [0.29, 0.717) is 12.5 Å². The number of hydrogen-bond donors (Lipinski definition) is 1. The summed E-state index contributed by atoms with van der Waals surface area (Å²) in [5.74, 6) is -1.15. The van der Waals surface area contributed by atoms with Crippen molar-refractivity contribution in [3.05, 3.63) is 17.9 Å². The van der Waals surface area contributed by atoms with Gasteiger partial charge in [0.2, 0.25) is 10.9 Å². The zero-order valence-corrected chi connectivity index (χ0v) is 11.7.